The van der Waals surface area contributed by atoms with Crippen molar-refractivity contribution in [2.75, 3.05) is 7.11 Å². The first-order valence-electron chi connectivity index (χ1n) is 6.85. The second-order valence-corrected chi connectivity index (χ2v) is 6.85. The lowest BCUT2D eigenvalue weighted by atomic mass is 10.1. The Labute approximate surface area is 131 Å². The lowest BCUT2D eigenvalue weighted by molar-refractivity contribution is 0.0594. The molecule has 122 valence electrons. The quantitative estimate of drug-likeness (QED) is 0.818. The van der Waals surface area contributed by atoms with Gasteiger partial charge in [-0.05, 0) is 36.1 Å². The second kappa shape index (κ2) is 5.74. The maximum Gasteiger partial charge on any atom is 0.358 e. The van der Waals surface area contributed by atoms with Gasteiger partial charge in [0.25, 0.3) is 10.0 Å². The SMILES string of the molecule is COC(=O)c1cc(S(=O)(=O)NC2CCc3cc(F)ccc32)[nH]n1. The Hall–Kier alpha value is -2.26. The average Bonchev–Trinajstić information content (AvgIpc) is 3.14. The fraction of sp³-hybridized carbons (Fsp3) is 0.286. The molecule has 1 aliphatic carbocycles. The van der Waals surface area contributed by atoms with Gasteiger partial charge in [0.1, 0.15) is 5.82 Å². The van der Waals surface area contributed by atoms with Crippen molar-refractivity contribution in [3.63, 3.8) is 0 Å². The molecule has 1 aliphatic rings. The van der Waals surface area contributed by atoms with Crippen LogP contribution >= 0.6 is 0 Å². The van der Waals surface area contributed by atoms with E-state index in [2.05, 4.69) is 19.7 Å². The summed E-state index contributed by atoms with van der Waals surface area (Å²) in [5.74, 6) is -1.08. The van der Waals surface area contributed by atoms with E-state index in [9.17, 15) is 17.6 Å². The molecule has 0 saturated heterocycles. The van der Waals surface area contributed by atoms with Gasteiger partial charge in [-0.3, -0.25) is 5.10 Å². The van der Waals surface area contributed by atoms with Crippen molar-refractivity contribution in [1.82, 2.24) is 14.9 Å². The minimum atomic E-state index is -3.89. The molecule has 1 aromatic heterocycles. The highest BCUT2D eigenvalue weighted by atomic mass is 32.2. The van der Waals surface area contributed by atoms with E-state index in [4.69, 9.17) is 0 Å². The molecular weight excluding hydrogens is 325 g/mol. The minimum absolute atomic E-state index is 0.123. The molecule has 0 fully saturated rings. The van der Waals surface area contributed by atoms with E-state index in [0.717, 1.165) is 17.2 Å². The van der Waals surface area contributed by atoms with Crippen LogP contribution in [0.4, 0.5) is 4.39 Å². The van der Waals surface area contributed by atoms with E-state index < -0.39 is 22.0 Å². The van der Waals surface area contributed by atoms with Crippen LogP contribution in [-0.2, 0) is 21.2 Å². The van der Waals surface area contributed by atoms with Crippen LogP contribution in [0.15, 0.2) is 29.3 Å². The fourth-order valence-electron chi connectivity index (χ4n) is 2.61. The van der Waals surface area contributed by atoms with Crippen molar-refractivity contribution in [2.24, 2.45) is 0 Å². The first-order valence-corrected chi connectivity index (χ1v) is 8.33. The third kappa shape index (κ3) is 2.97. The Morgan fingerprint density at radius 2 is 2.22 bits per heavy atom. The molecule has 0 radical (unpaired) electrons. The highest BCUT2D eigenvalue weighted by Crippen LogP contribution is 2.32. The van der Waals surface area contributed by atoms with Crippen molar-refractivity contribution in [2.45, 2.75) is 23.9 Å². The summed E-state index contributed by atoms with van der Waals surface area (Å²) >= 11 is 0. The number of aromatic nitrogens is 2. The van der Waals surface area contributed by atoms with Crippen molar-refractivity contribution in [1.29, 1.82) is 0 Å². The number of fused-ring (bicyclic) bond motifs is 1. The molecule has 0 spiro atoms. The predicted octanol–water partition coefficient (Wildman–Crippen LogP) is 1.30. The number of nitrogens with zero attached hydrogens (tertiary/aromatic N) is 1. The predicted molar refractivity (Wildman–Crippen MR) is 77.7 cm³/mol. The third-order valence-corrected chi connectivity index (χ3v) is 5.10. The molecule has 0 bridgehead atoms. The highest BCUT2D eigenvalue weighted by molar-refractivity contribution is 7.89. The zero-order chi connectivity index (χ0) is 16.6. The number of ether oxygens (including phenoxy) is 1. The molecular formula is C14H14FN3O4S. The monoisotopic (exact) mass is 339 g/mol. The molecule has 1 atom stereocenters. The number of hydrogen-bond donors (Lipinski definition) is 2. The lowest BCUT2D eigenvalue weighted by Crippen LogP contribution is -2.27. The first kappa shape index (κ1) is 15.6. The number of rotatable bonds is 4. The third-order valence-electron chi connectivity index (χ3n) is 3.72. The second-order valence-electron chi connectivity index (χ2n) is 5.16. The van der Waals surface area contributed by atoms with Crippen LogP contribution in [0.5, 0.6) is 0 Å². The summed E-state index contributed by atoms with van der Waals surface area (Å²) in [5, 5.41) is 5.69. The molecule has 9 heteroatoms. The Balaban J connectivity index is 1.83. The summed E-state index contributed by atoms with van der Waals surface area (Å²) in [7, 11) is -2.71. The molecule has 23 heavy (non-hydrogen) atoms. The number of carbonyl (C=O) groups excluding carboxylic acids is 1. The number of methoxy groups -OCH3 is 1. The van der Waals surface area contributed by atoms with Gasteiger partial charge < -0.3 is 4.74 Å². The lowest BCUT2D eigenvalue weighted by Gasteiger charge is -2.13. The number of halogens is 1. The van der Waals surface area contributed by atoms with Crippen molar-refractivity contribution >= 4 is 16.0 Å². The van der Waals surface area contributed by atoms with Crippen molar-refractivity contribution < 1.29 is 22.3 Å². The number of aromatic amines is 1. The molecule has 0 saturated carbocycles. The molecule has 2 aromatic rings. The smallest absolute Gasteiger partial charge is 0.358 e. The molecule has 7 nitrogen and oxygen atoms in total. The Kier molecular flexibility index (Phi) is 3.90. The van der Waals surface area contributed by atoms with Gasteiger partial charge in [0.2, 0.25) is 0 Å². The van der Waals surface area contributed by atoms with E-state index >= 15 is 0 Å². The number of esters is 1. The summed E-state index contributed by atoms with van der Waals surface area (Å²) < 4.78 is 45.0. The Morgan fingerprint density at radius 3 is 2.96 bits per heavy atom. The van der Waals surface area contributed by atoms with E-state index in [-0.39, 0.29) is 16.5 Å². The number of H-pyrrole nitrogens is 1. The van der Waals surface area contributed by atoms with Crippen LogP contribution < -0.4 is 4.72 Å². The molecule has 0 amide bonds. The van der Waals surface area contributed by atoms with Gasteiger partial charge >= 0.3 is 5.97 Å². The Bertz CT molecular complexity index is 863. The molecule has 1 unspecified atom stereocenters. The van der Waals surface area contributed by atoms with Gasteiger partial charge in [-0.25, -0.2) is 22.3 Å². The van der Waals surface area contributed by atoms with Crippen LogP contribution in [0.3, 0.4) is 0 Å². The van der Waals surface area contributed by atoms with Crippen molar-refractivity contribution in [3.8, 4) is 0 Å². The van der Waals surface area contributed by atoms with E-state index in [1.54, 1.807) is 6.07 Å². The topological polar surface area (TPSA) is 101 Å². The summed E-state index contributed by atoms with van der Waals surface area (Å²) in [6, 6.07) is 4.96. The first-order chi connectivity index (χ1) is 10.9. The van der Waals surface area contributed by atoms with Gasteiger partial charge in [-0.2, -0.15) is 5.10 Å². The fourth-order valence-corrected chi connectivity index (χ4v) is 3.79. The number of benzene rings is 1. The summed E-state index contributed by atoms with van der Waals surface area (Å²) in [6.45, 7) is 0. The van der Waals surface area contributed by atoms with E-state index in [1.807, 2.05) is 0 Å². The number of hydrogen-bond acceptors (Lipinski definition) is 5. The van der Waals surface area contributed by atoms with Crippen LogP contribution in [0.2, 0.25) is 0 Å². The molecule has 3 rings (SSSR count). The standard InChI is InChI=1S/C14H14FN3O4S/c1-22-14(19)12-7-13(17-16-12)23(20,21)18-11-5-2-8-6-9(15)3-4-10(8)11/h3-4,6-7,11,18H,2,5H2,1H3,(H,16,17). The van der Waals surface area contributed by atoms with Crippen LogP contribution in [0.25, 0.3) is 0 Å². The number of nitrogens with one attached hydrogen (secondary N) is 2. The van der Waals surface area contributed by atoms with Gasteiger partial charge in [-0.1, -0.05) is 6.07 Å². The maximum absolute atomic E-state index is 13.2. The normalized spacial score (nSPS) is 17.0. The summed E-state index contributed by atoms with van der Waals surface area (Å²) in [6.07, 6.45) is 1.13. The van der Waals surface area contributed by atoms with Gasteiger partial charge in [0.05, 0.1) is 7.11 Å². The molecule has 0 aliphatic heterocycles. The molecule has 1 aromatic carbocycles. The zero-order valence-corrected chi connectivity index (χ0v) is 13.0. The van der Waals surface area contributed by atoms with E-state index in [1.165, 1.54) is 19.2 Å². The largest absolute Gasteiger partial charge is 0.464 e. The van der Waals surface area contributed by atoms with Gasteiger partial charge in [0, 0.05) is 12.1 Å². The number of sulfonamides is 1. The minimum Gasteiger partial charge on any atom is -0.464 e. The van der Waals surface area contributed by atoms with Crippen molar-refractivity contribution in [3.05, 3.63) is 46.9 Å². The van der Waals surface area contributed by atoms with Crippen LogP contribution in [0, 0.1) is 5.82 Å². The molecule has 2 N–H and O–H groups in total. The maximum atomic E-state index is 13.2. The summed E-state index contributed by atoms with van der Waals surface area (Å²) in [4.78, 5) is 11.3. The number of carbonyl (C=O) groups is 1. The zero-order valence-electron chi connectivity index (χ0n) is 12.2. The van der Waals surface area contributed by atoms with Crippen LogP contribution in [0.1, 0.15) is 34.1 Å². The molecule has 1 heterocycles. The summed E-state index contributed by atoms with van der Waals surface area (Å²) in [5.41, 5.74) is 1.42. The van der Waals surface area contributed by atoms with Gasteiger partial charge in [0.15, 0.2) is 10.7 Å². The van der Waals surface area contributed by atoms with Gasteiger partial charge in [-0.15, -0.1) is 0 Å². The Morgan fingerprint density at radius 1 is 1.43 bits per heavy atom. The number of aryl methyl sites for hydroxylation is 1. The average molecular weight is 339 g/mol. The van der Waals surface area contributed by atoms with E-state index in [0.29, 0.717) is 12.8 Å². The van der Waals surface area contributed by atoms with Crippen LogP contribution in [-0.4, -0.2) is 31.7 Å². The highest BCUT2D eigenvalue weighted by Gasteiger charge is 2.29.